The summed E-state index contributed by atoms with van der Waals surface area (Å²) >= 11 is 0. The number of H-pyrrole nitrogens is 2. The molecule has 0 bridgehead atoms. The average Bonchev–Trinajstić information content (AvgIpc) is 3.78. The van der Waals surface area contributed by atoms with Gasteiger partial charge in [0.05, 0.1) is 30.6 Å². The summed E-state index contributed by atoms with van der Waals surface area (Å²) in [5, 5.41) is 20.6. The largest absolute Gasteiger partial charge is 0.397 e. The van der Waals surface area contributed by atoms with E-state index in [4.69, 9.17) is 5.73 Å². The Balaban J connectivity index is 1.62. The number of carbonyl (C=O) groups excluding carboxylic acids is 4. The third-order valence-electron chi connectivity index (χ3n) is 7.78. The van der Waals surface area contributed by atoms with E-state index in [1.165, 1.54) is 51.0 Å². The molecule has 2 aromatic heterocycles. The summed E-state index contributed by atoms with van der Waals surface area (Å²) in [6, 6.07) is 3.07. The quantitative estimate of drug-likeness (QED) is 0.0594. The van der Waals surface area contributed by atoms with Gasteiger partial charge in [0.25, 0.3) is 0 Å². The van der Waals surface area contributed by atoms with Crippen LogP contribution in [0.25, 0.3) is 0 Å². The van der Waals surface area contributed by atoms with E-state index in [-0.39, 0.29) is 25.2 Å². The first-order chi connectivity index (χ1) is 22.8. The number of nitrogens with one attached hydrogen (secondary N) is 6. The van der Waals surface area contributed by atoms with Gasteiger partial charge < -0.3 is 42.1 Å². The third-order valence-corrected chi connectivity index (χ3v) is 7.78. The number of nitrogens with zero attached hydrogens (tertiary/aromatic N) is 2. The van der Waals surface area contributed by atoms with Gasteiger partial charge in [-0.3, -0.25) is 19.2 Å². The number of nitrogen functional groups attached to an aromatic ring is 1. The summed E-state index contributed by atoms with van der Waals surface area (Å²) in [6.45, 7) is 1.50. The van der Waals surface area contributed by atoms with E-state index in [0.29, 0.717) is 29.2 Å². The molecule has 0 fully saturated rings. The zero-order chi connectivity index (χ0) is 33.9. The maximum absolute atomic E-state index is 13.6. The number of nitrogens with two attached hydrogens (primary N) is 1. The zero-order valence-electron chi connectivity index (χ0n) is 27.1. The molecule has 0 spiro atoms. The van der Waals surface area contributed by atoms with Crippen molar-refractivity contribution in [2.24, 2.45) is 0 Å². The molecule has 14 heteroatoms. The SMILES string of the molecule is CCCCCCCCCCCC(=O)N[C@@H](Cc1cnc[nH]1)C(=O)N[C@@H](Cc1cnc[nH]1)C(=O)N[C@@H](CO)C(=O)Nc1ccccc1N. The second-order valence-electron chi connectivity index (χ2n) is 11.6. The minimum Gasteiger partial charge on any atom is -0.397 e. The second-order valence-corrected chi connectivity index (χ2v) is 11.6. The van der Waals surface area contributed by atoms with Gasteiger partial charge in [-0.05, 0) is 18.6 Å². The van der Waals surface area contributed by atoms with E-state index in [1.807, 2.05) is 0 Å². The molecule has 0 radical (unpaired) electrons. The molecule has 3 rings (SSSR count). The predicted molar refractivity (Wildman–Crippen MR) is 179 cm³/mol. The van der Waals surface area contributed by atoms with Crippen molar-refractivity contribution < 1.29 is 24.3 Å². The molecule has 256 valence electrons. The summed E-state index contributed by atoms with van der Waals surface area (Å²) in [5.74, 6) is -2.27. The first kappa shape index (κ1) is 36.7. The minimum absolute atomic E-state index is 0.00609. The van der Waals surface area contributed by atoms with Gasteiger partial charge in [-0.1, -0.05) is 70.4 Å². The number of imidazole rings is 2. The Bertz CT molecular complexity index is 1360. The van der Waals surface area contributed by atoms with Crippen LogP contribution < -0.4 is 27.0 Å². The topological polar surface area (TPSA) is 220 Å². The molecule has 1 aromatic carbocycles. The number of benzene rings is 1. The van der Waals surface area contributed by atoms with Crippen LogP contribution in [0.1, 0.15) is 82.5 Å². The van der Waals surface area contributed by atoms with Crippen molar-refractivity contribution in [1.29, 1.82) is 0 Å². The smallest absolute Gasteiger partial charge is 0.249 e. The molecule has 0 saturated carbocycles. The van der Waals surface area contributed by atoms with E-state index in [9.17, 15) is 24.3 Å². The molecular formula is C33H49N9O5. The van der Waals surface area contributed by atoms with Crippen molar-refractivity contribution in [1.82, 2.24) is 35.9 Å². The Hall–Kier alpha value is -4.72. The number of aromatic nitrogens is 4. The number of rotatable bonds is 22. The van der Waals surface area contributed by atoms with Gasteiger partial charge in [0.1, 0.15) is 18.1 Å². The summed E-state index contributed by atoms with van der Waals surface area (Å²) in [6.07, 6.45) is 16.5. The van der Waals surface area contributed by atoms with Crippen molar-refractivity contribution in [2.45, 2.75) is 102 Å². The molecule has 0 unspecified atom stereocenters. The number of hydrogen-bond acceptors (Lipinski definition) is 8. The number of aliphatic hydroxyl groups excluding tert-OH is 1. The molecule has 0 saturated heterocycles. The summed E-state index contributed by atoms with van der Waals surface area (Å²) in [7, 11) is 0. The molecule has 3 atom stereocenters. The van der Waals surface area contributed by atoms with Crippen molar-refractivity contribution in [3.8, 4) is 0 Å². The maximum atomic E-state index is 13.6. The Morgan fingerprint density at radius 3 is 1.81 bits per heavy atom. The zero-order valence-corrected chi connectivity index (χ0v) is 27.1. The Morgan fingerprint density at radius 2 is 1.28 bits per heavy atom. The fourth-order valence-electron chi connectivity index (χ4n) is 5.08. The maximum Gasteiger partial charge on any atom is 0.249 e. The molecule has 3 aromatic rings. The van der Waals surface area contributed by atoms with Gasteiger partial charge in [0.15, 0.2) is 0 Å². The van der Waals surface area contributed by atoms with E-state index in [0.717, 1.165) is 19.3 Å². The summed E-state index contributed by atoms with van der Waals surface area (Å²) in [5.41, 5.74) is 7.72. The summed E-state index contributed by atoms with van der Waals surface area (Å²) in [4.78, 5) is 66.8. The van der Waals surface area contributed by atoms with Crippen molar-refractivity contribution in [2.75, 3.05) is 17.7 Å². The van der Waals surface area contributed by atoms with E-state index < -0.39 is 42.5 Å². The third kappa shape index (κ3) is 13.3. The van der Waals surface area contributed by atoms with Crippen molar-refractivity contribution in [3.05, 3.63) is 60.7 Å². The number of carbonyl (C=O) groups is 4. The van der Waals surface area contributed by atoms with E-state index in [2.05, 4.69) is 48.1 Å². The lowest BCUT2D eigenvalue weighted by atomic mass is 10.1. The van der Waals surface area contributed by atoms with Crippen LogP contribution in [-0.4, -0.2) is 73.4 Å². The molecular weight excluding hydrogens is 602 g/mol. The van der Waals surface area contributed by atoms with Gasteiger partial charge in [-0.15, -0.1) is 0 Å². The van der Waals surface area contributed by atoms with E-state index >= 15 is 0 Å². The second kappa shape index (κ2) is 20.4. The van der Waals surface area contributed by atoms with Gasteiger partial charge in [-0.2, -0.15) is 0 Å². The van der Waals surface area contributed by atoms with Gasteiger partial charge in [0.2, 0.25) is 23.6 Å². The van der Waals surface area contributed by atoms with Crippen LogP contribution in [0.5, 0.6) is 0 Å². The standard InChI is InChI=1S/C33H49N9O5/c1-2-3-4-5-6-7-8-9-10-15-30(44)39-27(16-23-18-35-21-37-23)31(45)41-28(17-24-19-36-22-38-24)32(46)42-29(20-43)33(47)40-26-14-12-11-13-25(26)34/h11-14,18-19,21-22,27-29,43H,2-10,15-17,20,34H2,1H3,(H,35,37)(H,36,38)(H,39,44)(H,40,47)(H,41,45)(H,42,46)/t27-,28-,29-/m0/s1. The van der Waals surface area contributed by atoms with Gasteiger partial charge in [-0.25, -0.2) is 9.97 Å². The van der Waals surface area contributed by atoms with Gasteiger partial charge in [0, 0.05) is 43.0 Å². The molecule has 9 N–H and O–H groups in total. The van der Waals surface area contributed by atoms with Crippen LogP contribution in [-0.2, 0) is 32.0 Å². The highest BCUT2D eigenvalue weighted by Gasteiger charge is 2.30. The number of unbranched alkanes of at least 4 members (excludes halogenated alkanes) is 8. The number of amides is 4. The fraction of sp³-hybridized carbons (Fsp3) is 0.515. The normalized spacial score (nSPS) is 12.9. The highest BCUT2D eigenvalue weighted by Crippen LogP contribution is 2.17. The predicted octanol–water partition coefficient (Wildman–Crippen LogP) is 2.51. The molecule has 0 aliphatic rings. The fourth-order valence-corrected chi connectivity index (χ4v) is 5.08. The lowest BCUT2D eigenvalue weighted by Gasteiger charge is -2.24. The van der Waals surface area contributed by atoms with Crippen LogP contribution in [0.4, 0.5) is 11.4 Å². The lowest BCUT2D eigenvalue weighted by Crippen LogP contribution is -2.57. The molecule has 2 heterocycles. The van der Waals surface area contributed by atoms with Crippen molar-refractivity contribution in [3.63, 3.8) is 0 Å². The Labute approximate surface area is 275 Å². The molecule has 0 aliphatic heterocycles. The first-order valence-electron chi connectivity index (χ1n) is 16.4. The van der Waals surface area contributed by atoms with Gasteiger partial charge >= 0.3 is 0 Å². The number of aromatic amines is 2. The highest BCUT2D eigenvalue weighted by molar-refractivity contribution is 6.00. The van der Waals surface area contributed by atoms with Crippen LogP contribution >= 0.6 is 0 Å². The lowest BCUT2D eigenvalue weighted by molar-refractivity contribution is -0.133. The summed E-state index contributed by atoms with van der Waals surface area (Å²) < 4.78 is 0. The first-order valence-corrected chi connectivity index (χ1v) is 16.4. The Kier molecular flexibility index (Phi) is 16.0. The van der Waals surface area contributed by atoms with E-state index in [1.54, 1.807) is 30.5 Å². The molecule has 4 amide bonds. The van der Waals surface area contributed by atoms with Crippen LogP contribution in [0.3, 0.4) is 0 Å². The highest BCUT2D eigenvalue weighted by atomic mass is 16.3. The van der Waals surface area contributed by atoms with Crippen LogP contribution in [0.15, 0.2) is 49.3 Å². The molecule has 0 aliphatic carbocycles. The molecule has 14 nitrogen and oxygen atoms in total. The molecule has 47 heavy (non-hydrogen) atoms. The minimum atomic E-state index is -1.33. The van der Waals surface area contributed by atoms with Crippen LogP contribution in [0, 0.1) is 0 Å². The number of anilines is 2. The monoisotopic (exact) mass is 651 g/mol. The number of aliphatic hydroxyl groups is 1. The average molecular weight is 652 g/mol. The Morgan fingerprint density at radius 1 is 0.745 bits per heavy atom. The van der Waals surface area contributed by atoms with Crippen LogP contribution in [0.2, 0.25) is 0 Å². The van der Waals surface area contributed by atoms with Crippen molar-refractivity contribution >= 4 is 35.0 Å². The number of hydrogen-bond donors (Lipinski definition) is 8. The number of para-hydroxylation sites is 2.